The van der Waals surface area contributed by atoms with Gasteiger partial charge in [0.05, 0.1) is 18.1 Å². The Bertz CT molecular complexity index is 710. The SMILES string of the molecule is O=C(Nc1ccccc1[N+](=O)[O-])c1n[nH]c2c1COCC2. The molecule has 0 unspecified atom stereocenters. The molecule has 0 fully saturated rings. The largest absolute Gasteiger partial charge is 0.376 e. The molecule has 0 radical (unpaired) electrons. The molecule has 1 aliphatic heterocycles. The average molecular weight is 288 g/mol. The zero-order valence-corrected chi connectivity index (χ0v) is 11.0. The predicted molar refractivity (Wildman–Crippen MR) is 73.0 cm³/mol. The number of hydrogen-bond acceptors (Lipinski definition) is 5. The molecule has 0 aliphatic carbocycles. The van der Waals surface area contributed by atoms with Crippen LogP contribution in [0.5, 0.6) is 0 Å². The molecule has 8 nitrogen and oxygen atoms in total. The van der Waals surface area contributed by atoms with Crippen LogP contribution < -0.4 is 5.32 Å². The lowest BCUT2D eigenvalue weighted by Gasteiger charge is -2.12. The summed E-state index contributed by atoms with van der Waals surface area (Å²) in [5.41, 5.74) is 1.77. The minimum atomic E-state index is -0.543. The van der Waals surface area contributed by atoms with Crippen LogP contribution in [0, 0.1) is 10.1 Å². The van der Waals surface area contributed by atoms with E-state index >= 15 is 0 Å². The number of carbonyl (C=O) groups excluding carboxylic acids is 1. The summed E-state index contributed by atoms with van der Waals surface area (Å²) in [5, 5.41) is 20.2. The summed E-state index contributed by atoms with van der Waals surface area (Å²) in [6, 6.07) is 5.97. The van der Waals surface area contributed by atoms with Crippen molar-refractivity contribution in [3.63, 3.8) is 0 Å². The van der Waals surface area contributed by atoms with Crippen molar-refractivity contribution >= 4 is 17.3 Å². The number of benzene rings is 1. The summed E-state index contributed by atoms with van der Waals surface area (Å²) in [6.07, 6.45) is 0.668. The minimum absolute atomic E-state index is 0.140. The molecule has 1 aromatic heterocycles. The highest BCUT2D eigenvalue weighted by Crippen LogP contribution is 2.25. The van der Waals surface area contributed by atoms with Crippen LogP contribution in [0.1, 0.15) is 21.7 Å². The number of nitrogens with one attached hydrogen (secondary N) is 2. The molecule has 0 spiro atoms. The van der Waals surface area contributed by atoms with Crippen LogP contribution in [-0.4, -0.2) is 27.6 Å². The Morgan fingerprint density at radius 2 is 2.24 bits per heavy atom. The van der Waals surface area contributed by atoms with Crippen LogP contribution in [0.2, 0.25) is 0 Å². The van der Waals surface area contributed by atoms with Gasteiger partial charge in [-0.3, -0.25) is 20.0 Å². The molecule has 1 amide bonds. The first-order chi connectivity index (χ1) is 10.2. The topological polar surface area (TPSA) is 110 Å². The van der Waals surface area contributed by atoms with Crippen LogP contribution in [0.15, 0.2) is 24.3 Å². The molecule has 108 valence electrons. The van der Waals surface area contributed by atoms with Crippen molar-refractivity contribution in [2.75, 3.05) is 11.9 Å². The van der Waals surface area contributed by atoms with Gasteiger partial charge in [-0.05, 0) is 6.07 Å². The summed E-state index contributed by atoms with van der Waals surface area (Å²) in [6.45, 7) is 0.895. The molecule has 8 heteroatoms. The van der Waals surface area contributed by atoms with Gasteiger partial charge in [-0.25, -0.2) is 0 Å². The highest BCUT2D eigenvalue weighted by molar-refractivity contribution is 6.05. The maximum absolute atomic E-state index is 12.3. The Balaban J connectivity index is 1.87. The second-order valence-electron chi connectivity index (χ2n) is 4.56. The van der Waals surface area contributed by atoms with Gasteiger partial charge in [-0.15, -0.1) is 0 Å². The molecule has 3 rings (SSSR count). The number of amides is 1. The lowest BCUT2D eigenvalue weighted by Crippen LogP contribution is -2.17. The molecule has 1 aliphatic rings. The molecule has 2 N–H and O–H groups in total. The molecule has 0 saturated carbocycles. The second kappa shape index (κ2) is 5.33. The van der Waals surface area contributed by atoms with Gasteiger partial charge >= 0.3 is 0 Å². The fourth-order valence-electron chi connectivity index (χ4n) is 2.22. The lowest BCUT2D eigenvalue weighted by atomic mass is 10.1. The molecule has 0 bridgehead atoms. The highest BCUT2D eigenvalue weighted by atomic mass is 16.6. The molecular formula is C13H12N4O4. The summed E-state index contributed by atoms with van der Waals surface area (Å²) < 4.78 is 5.31. The van der Waals surface area contributed by atoms with E-state index in [0.29, 0.717) is 25.2 Å². The number of fused-ring (bicyclic) bond motifs is 1. The monoisotopic (exact) mass is 288 g/mol. The molecule has 1 aromatic carbocycles. The Labute approximate surface area is 119 Å². The van der Waals surface area contributed by atoms with Crippen molar-refractivity contribution < 1.29 is 14.5 Å². The molecular weight excluding hydrogens is 276 g/mol. The number of nitro groups is 1. The van der Waals surface area contributed by atoms with Crippen LogP contribution in [-0.2, 0) is 17.8 Å². The van der Waals surface area contributed by atoms with E-state index in [1.54, 1.807) is 6.07 Å². The number of aromatic amines is 1. The van der Waals surface area contributed by atoms with E-state index < -0.39 is 10.8 Å². The minimum Gasteiger partial charge on any atom is -0.376 e. The van der Waals surface area contributed by atoms with Gasteiger partial charge in [0, 0.05) is 23.7 Å². The van der Waals surface area contributed by atoms with E-state index in [2.05, 4.69) is 15.5 Å². The van der Waals surface area contributed by atoms with Crippen molar-refractivity contribution in [3.05, 3.63) is 51.3 Å². The van der Waals surface area contributed by atoms with Gasteiger partial charge in [0.2, 0.25) is 0 Å². The first kappa shape index (κ1) is 13.3. The normalized spacial score (nSPS) is 13.5. The number of H-pyrrole nitrogens is 1. The fourth-order valence-corrected chi connectivity index (χ4v) is 2.22. The zero-order chi connectivity index (χ0) is 14.8. The van der Waals surface area contributed by atoms with Crippen molar-refractivity contribution in [2.45, 2.75) is 13.0 Å². The number of nitro benzene ring substituents is 1. The molecule has 2 aromatic rings. The van der Waals surface area contributed by atoms with Gasteiger partial charge in [0.15, 0.2) is 5.69 Å². The third kappa shape index (κ3) is 2.48. The Morgan fingerprint density at radius 3 is 3.05 bits per heavy atom. The van der Waals surface area contributed by atoms with Crippen molar-refractivity contribution in [3.8, 4) is 0 Å². The standard InChI is InChI=1S/C13H12N4O4/c18-13(12-8-7-21-6-5-9(8)15-16-12)14-10-3-1-2-4-11(10)17(19)20/h1-4H,5-7H2,(H,14,18)(H,15,16). The number of anilines is 1. The Kier molecular flexibility index (Phi) is 3.36. The number of hydrogen-bond donors (Lipinski definition) is 2. The molecule has 2 heterocycles. The Hall–Kier alpha value is -2.74. The van der Waals surface area contributed by atoms with Crippen molar-refractivity contribution in [2.24, 2.45) is 0 Å². The third-order valence-corrected chi connectivity index (χ3v) is 3.26. The molecule has 0 atom stereocenters. The first-order valence-electron chi connectivity index (χ1n) is 6.35. The summed E-state index contributed by atoms with van der Waals surface area (Å²) in [7, 11) is 0. The first-order valence-corrected chi connectivity index (χ1v) is 6.35. The molecule has 21 heavy (non-hydrogen) atoms. The van der Waals surface area contributed by atoms with Crippen LogP contribution >= 0.6 is 0 Å². The van der Waals surface area contributed by atoms with Gasteiger partial charge in [-0.1, -0.05) is 12.1 Å². The number of carbonyl (C=O) groups is 1. The molecule has 0 saturated heterocycles. The maximum Gasteiger partial charge on any atom is 0.292 e. The summed E-state index contributed by atoms with van der Waals surface area (Å²) in [5.74, 6) is -0.493. The number of rotatable bonds is 3. The van der Waals surface area contributed by atoms with Crippen LogP contribution in [0.25, 0.3) is 0 Å². The third-order valence-electron chi connectivity index (χ3n) is 3.26. The smallest absolute Gasteiger partial charge is 0.292 e. The lowest BCUT2D eigenvalue weighted by molar-refractivity contribution is -0.383. The predicted octanol–water partition coefficient (Wildman–Crippen LogP) is 1.64. The van der Waals surface area contributed by atoms with E-state index in [0.717, 1.165) is 5.69 Å². The van der Waals surface area contributed by atoms with Gasteiger partial charge in [0.1, 0.15) is 5.69 Å². The zero-order valence-electron chi connectivity index (χ0n) is 11.0. The summed E-state index contributed by atoms with van der Waals surface area (Å²) >= 11 is 0. The highest BCUT2D eigenvalue weighted by Gasteiger charge is 2.24. The fraction of sp³-hybridized carbons (Fsp3) is 0.231. The van der Waals surface area contributed by atoms with Gasteiger partial charge in [0.25, 0.3) is 11.6 Å². The van der Waals surface area contributed by atoms with E-state index in [9.17, 15) is 14.9 Å². The van der Waals surface area contributed by atoms with E-state index in [1.165, 1.54) is 18.2 Å². The maximum atomic E-state index is 12.3. The number of para-hydroxylation sites is 2. The number of ether oxygens (including phenoxy) is 1. The average Bonchev–Trinajstić information content (AvgIpc) is 2.91. The van der Waals surface area contributed by atoms with Crippen LogP contribution in [0.3, 0.4) is 0 Å². The second-order valence-corrected chi connectivity index (χ2v) is 4.56. The van der Waals surface area contributed by atoms with Crippen molar-refractivity contribution in [1.82, 2.24) is 10.2 Å². The quantitative estimate of drug-likeness (QED) is 0.659. The van der Waals surface area contributed by atoms with Crippen molar-refractivity contribution in [1.29, 1.82) is 0 Å². The van der Waals surface area contributed by atoms with Gasteiger partial charge < -0.3 is 10.1 Å². The van der Waals surface area contributed by atoms with E-state index in [4.69, 9.17) is 4.74 Å². The van der Waals surface area contributed by atoms with E-state index in [1.807, 2.05) is 0 Å². The van der Waals surface area contributed by atoms with Crippen LogP contribution in [0.4, 0.5) is 11.4 Å². The summed E-state index contributed by atoms with van der Waals surface area (Å²) in [4.78, 5) is 22.6. The number of aromatic nitrogens is 2. The van der Waals surface area contributed by atoms with Gasteiger partial charge in [-0.2, -0.15) is 5.10 Å². The van der Waals surface area contributed by atoms with E-state index in [-0.39, 0.29) is 17.1 Å². The number of nitrogens with zero attached hydrogens (tertiary/aromatic N) is 2. The Morgan fingerprint density at radius 1 is 1.43 bits per heavy atom.